The lowest BCUT2D eigenvalue weighted by atomic mass is 9.88. The molecule has 3 saturated heterocycles. The Hall–Kier alpha value is -9.19. The summed E-state index contributed by atoms with van der Waals surface area (Å²) in [5, 5.41) is 32.5. The highest BCUT2D eigenvalue weighted by Crippen LogP contribution is 2.29. The van der Waals surface area contributed by atoms with Crippen molar-refractivity contribution in [2.24, 2.45) is 62.3 Å². The van der Waals surface area contributed by atoms with Gasteiger partial charge in [-0.3, -0.25) is 72.3 Å². The molecule has 2 aromatic rings. The molecule has 0 bridgehead atoms. The number of hydrogen-bond donors (Lipinski definition) is 15. The molecule has 20 N–H and O–H groups in total. The number of nitrogens with two attached hydrogens (primary N) is 5. The van der Waals surface area contributed by atoms with Gasteiger partial charge in [-0.15, -0.1) is 0 Å². The normalized spacial score (nSPS) is 22.7. The van der Waals surface area contributed by atoms with Gasteiger partial charge in [-0.2, -0.15) is 0 Å². The van der Waals surface area contributed by atoms with Crippen LogP contribution in [0.15, 0.2) is 52.8 Å². The number of rotatable bonds is 34. The molecular weight excluding hydrogens is 1420 g/mol. The SMILES string of the molecule is CCCC[C@@H]1NC(=O)[C@@H]2CCCN2C(=O)CNC(=O)[C@H](CCCCN)NC(=O)[C@H](Cc2cnc[nH]2)CC(=O)[C@@H](NC(=O)[C@@H](CC(=O)[C@H](CCCN=C(N)N)NC(=O)[C@@H]2CCCN2C(=O)[C@H](CCCN=C(N)N)NC(=O)[C@@H]2CCC(=O)C2)CC(C)C)CSSC[C@@H](C(=O)N[C@@H](Cc2ccccc2)C(=O)O)NC1=O. The number of benzene rings is 1. The zero-order chi connectivity index (χ0) is 78.1. The van der Waals surface area contributed by atoms with Gasteiger partial charge < -0.3 is 91.1 Å². The van der Waals surface area contributed by atoms with Gasteiger partial charge in [0, 0.05) is 99.9 Å². The summed E-state index contributed by atoms with van der Waals surface area (Å²) in [5.74, 6) is -14.1. The van der Waals surface area contributed by atoms with Crippen LogP contribution in [-0.4, -0.2) is 224 Å². The van der Waals surface area contributed by atoms with Gasteiger partial charge in [0.2, 0.25) is 59.1 Å². The lowest BCUT2D eigenvalue weighted by Gasteiger charge is -2.30. The number of hydrogen-bond acceptors (Lipinski definition) is 20. The van der Waals surface area contributed by atoms with Gasteiger partial charge in [0.25, 0.3) is 0 Å². The van der Waals surface area contributed by atoms with Crippen LogP contribution in [0.3, 0.4) is 0 Å². The Morgan fingerprint density at radius 1 is 0.720 bits per heavy atom. The summed E-state index contributed by atoms with van der Waals surface area (Å²) < 4.78 is 0. The standard InChI is InChI=1S/C71H109N19O15S2/c1-4-5-17-50-64(99)88-54(65(100)86-52(69(104)105)31-42-15-7-6-8-16-42)39-107-106-38-53(58(93)35-45(32-46-36-77-40-81-46)62(97)83-49(18-9-10-25-72)63(98)80-37-59(94)89-28-13-21-55(89)66(101)84-50)87-61(96)44(30-41(2)3)34-57(92)48(19-11-26-78-70(73)74)82-67(102)56-22-14-29-90(56)68(103)51(20-12-27-79-71(75)76)85-60(95)43-23-24-47(91)33-43/h6-8,15-16,36,40-41,43-45,48-56H,4-5,9-14,17-35,37-39,72H2,1-3H3,(H,77,81)(H,80,98)(H,82,102)(H,83,97)(H,84,101)(H,85,95)(H,86,100)(H,87,96)(H,88,99)(H,104,105)(H4,73,74,78)(H4,75,76,79)/t43-,44-,45-,48+,49+,50+,51+,52+,53+,54+,55+,56+/m1/s1. The van der Waals surface area contributed by atoms with E-state index in [0.29, 0.717) is 56.2 Å². The van der Waals surface area contributed by atoms with Crippen molar-refractivity contribution >= 4 is 116 Å². The summed E-state index contributed by atoms with van der Waals surface area (Å²) in [6, 6.07) is -3.06. The Morgan fingerprint density at radius 3 is 2.02 bits per heavy atom. The first kappa shape index (κ1) is 86.7. The Labute approximate surface area is 631 Å². The van der Waals surface area contributed by atoms with Crippen molar-refractivity contribution in [3.8, 4) is 0 Å². The first-order valence-electron chi connectivity index (χ1n) is 37.0. The maximum atomic E-state index is 15.3. The van der Waals surface area contributed by atoms with Gasteiger partial charge in [-0.1, -0.05) is 85.5 Å². The summed E-state index contributed by atoms with van der Waals surface area (Å²) in [6.07, 6.45) is 5.73. The monoisotopic (exact) mass is 1530 g/mol. The third-order valence-corrected chi connectivity index (χ3v) is 21.6. The number of carbonyl (C=O) groups excluding carboxylic acids is 13. The minimum atomic E-state index is -1.50. The second-order valence-electron chi connectivity index (χ2n) is 28.1. The lowest BCUT2D eigenvalue weighted by Crippen LogP contribution is -2.58. The molecule has 10 amide bonds. The zero-order valence-corrected chi connectivity index (χ0v) is 63.0. The second-order valence-corrected chi connectivity index (χ2v) is 30.7. The van der Waals surface area contributed by atoms with Gasteiger partial charge in [0.15, 0.2) is 23.5 Å². The van der Waals surface area contributed by atoms with Gasteiger partial charge in [-0.05, 0) is 108 Å². The van der Waals surface area contributed by atoms with E-state index in [1.807, 2.05) is 20.8 Å². The molecule has 107 heavy (non-hydrogen) atoms. The molecule has 6 rings (SSSR count). The number of aromatic nitrogens is 2. The van der Waals surface area contributed by atoms with Crippen molar-refractivity contribution in [1.82, 2.24) is 62.3 Å². The van der Waals surface area contributed by atoms with Crippen LogP contribution in [-0.2, 0) is 80.0 Å². The maximum absolute atomic E-state index is 15.3. The Balaban J connectivity index is 1.34. The van der Waals surface area contributed by atoms with Crippen LogP contribution in [0.4, 0.5) is 0 Å². The maximum Gasteiger partial charge on any atom is 0.326 e. The summed E-state index contributed by atoms with van der Waals surface area (Å²) >= 11 is 0. The van der Waals surface area contributed by atoms with Crippen LogP contribution < -0.4 is 71.2 Å². The number of H-pyrrole nitrogens is 1. The van der Waals surface area contributed by atoms with Crippen molar-refractivity contribution in [1.29, 1.82) is 0 Å². The van der Waals surface area contributed by atoms with Crippen molar-refractivity contribution in [3.63, 3.8) is 0 Å². The number of nitrogens with one attached hydrogen (secondary N) is 9. The molecule has 0 unspecified atom stereocenters. The number of carboxylic acids is 1. The topological polar surface area (TPSA) is 545 Å². The molecule has 1 aromatic carbocycles. The van der Waals surface area contributed by atoms with Gasteiger partial charge >= 0.3 is 5.97 Å². The van der Waals surface area contributed by atoms with E-state index in [9.17, 15) is 57.8 Å². The predicted octanol–water partition coefficient (Wildman–Crippen LogP) is -0.841. The highest BCUT2D eigenvalue weighted by molar-refractivity contribution is 8.76. The van der Waals surface area contributed by atoms with Gasteiger partial charge in [0.1, 0.15) is 48.1 Å². The molecule has 1 aliphatic carbocycles. The second kappa shape index (κ2) is 44.8. The molecule has 1 saturated carbocycles. The van der Waals surface area contributed by atoms with E-state index in [2.05, 4.69) is 62.5 Å². The number of Topliss-reactive ketones (excluding diaryl/α,β-unsaturated/α-hetero) is 3. The van der Waals surface area contributed by atoms with E-state index in [1.54, 1.807) is 30.3 Å². The molecule has 34 nitrogen and oxygen atoms in total. The van der Waals surface area contributed by atoms with E-state index in [1.165, 1.54) is 22.3 Å². The van der Waals surface area contributed by atoms with Crippen molar-refractivity contribution < 1.29 is 72.2 Å². The lowest BCUT2D eigenvalue weighted by molar-refractivity contribution is -0.142. The van der Waals surface area contributed by atoms with E-state index >= 15 is 14.4 Å². The molecule has 4 heterocycles. The molecule has 4 fully saturated rings. The summed E-state index contributed by atoms with van der Waals surface area (Å²) in [5.41, 5.74) is 29.3. The molecule has 1 aromatic heterocycles. The third kappa shape index (κ3) is 28.8. The Bertz CT molecular complexity index is 3430. The number of guanidine groups is 2. The quantitative estimate of drug-likeness (QED) is 0.0176. The van der Waals surface area contributed by atoms with Crippen molar-refractivity contribution in [2.45, 2.75) is 216 Å². The minimum Gasteiger partial charge on any atom is -0.480 e. The highest BCUT2D eigenvalue weighted by atomic mass is 33.1. The van der Waals surface area contributed by atoms with Crippen LogP contribution in [0.5, 0.6) is 0 Å². The fourth-order valence-electron chi connectivity index (χ4n) is 13.5. The fraction of sp³-hybridized carbons (Fsp3) is 0.648. The van der Waals surface area contributed by atoms with Crippen LogP contribution in [0.1, 0.15) is 160 Å². The number of carbonyl (C=O) groups is 14. The third-order valence-electron chi connectivity index (χ3n) is 19.2. The largest absolute Gasteiger partial charge is 0.480 e. The van der Waals surface area contributed by atoms with Crippen LogP contribution >= 0.6 is 21.6 Å². The Morgan fingerprint density at radius 2 is 1.37 bits per heavy atom. The molecule has 590 valence electrons. The number of nitrogens with zero attached hydrogens (tertiary/aromatic N) is 5. The first-order chi connectivity index (χ1) is 51.2. The number of amides is 10. The number of aromatic amines is 1. The van der Waals surface area contributed by atoms with E-state index in [0.717, 1.165) is 21.6 Å². The molecule has 0 radical (unpaired) electrons. The number of aliphatic imine (C=N–C) groups is 2. The molecule has 36 heteroatoms. The molecule has 4 aliphatic rings. The average Bonchev–Trinajstić information content (AvgIpc) is 1.74. The number of ketones is 3. The van der Waals surface area contributed by atoms with E-state index < -0.39 is 168 Å². The molecule has 3 aliphatic heterocycles. The number of fused-ring (bicyclic) bond motifs is 1. The molecule has 0 spiro atoms. The van der Waals surface area contributed by atoms with E-state index in [-0.39, 0.29) is 151 Å². The fourth-order valence-corrected chi connectivity index (χ4v) is 15.8. The minimum absolute atomic E-state index is 0.0263. The van der Waals surface area contributed by atoms with Crippen LogP contribution in [0, 0.1) is 23.7 Å². The summed E-state index contributed by atoms with van der Waals surface area (Å²) in [6.45, 7) is 5.58. The van der Waals surface area contributed by atoms with Crippen LogP contribution in [0.25, 0.3) is 0 Å². The summed E-state index contributed by atoms with van der Waals surface area (Å²) in [4.78, 5) is 218. The number of aliphatic carboxylic acids is 1. The van der Waals surface area contributed by atoms with Crippen LogP contribution in [0.2, 0.25) is 0 Å². The zero-order valence-electron chi connectivity index (χ0n) is 61.4. The summed E-state index contributed by atoms with van der Waals surface area (Å²) in [7, 11) is 1.95. The Kier molecular flexibility index (Phi) is 36.3. The molecular formula is C71H109N19O15S2. The van der Waals surface area contributed by atoms with Crippen molar-refractivity contribution in [3.05, 3.63) is 54.1 Å². The highest BCUT2D eigenvalue weighted by Gasteiger charge is 2.43. The average molecular weight is 1530 g/mol. The number of imidazole rings is 1. The van der Waals surface area contributed by atoms with E-state index in [4.69, 9.17) is 28.7 Å². The van der Waals surface area contributed by atoms with Gasteiger partial charge in [-0.25, -0.2) is 9.78 Å². The smallest absolute Gasteiger partial charge is 0.326 e. The first-order valence-corrected chi connectivity index (χ1v) is 39.5. The predicted molar refractivity (Wildman–Crippen MR) is 401 cm³/mol. The number of unbranched alkanes of at least 4 members (excludes halogenated alkanes) is 2. The van der Waals surface area contributed by atoms with Gasteiger partial charge in [0.05, 0.1) is 30.9 Å². The van der Waals surface area contributed by atoms with Crippen molar-refractivity contribution in [2.75, 3.05) is 50.8 Å². The number of carboxylic acid groups (broad SMARTS) is 1. The number of likely N-dealkylation sites (tertiary alicyclic amines) is 1. The molecule has 12 atom stereocenters.